The van der Waals surface area contributed by atoms with Crippen LogP contribution in [0.3, 0.4) is 0 Å². The number of hydrogen-bond acceptors (Lipinski definition) is 1. The molecule has 0 aliphatic carbocycles. The van der Waals surface area contributed by atoms with E-state index in [-0.39, 0.29) is 0 Å². The van der Waals surface area contributed by atoms with Crippen molar-refractivity contribution in [1.29, 1.82) is 0 Å². The maximum absolute atomic E-state index is 5.80. The van der Waals surface area contributed by atoms with Gasteiger partial charge in [0, 0.05) is 11.6 Å². The molecular formula is C10H12ClN. The second-order valence-electron chi connectivity index (χ2n) is 2.64. The predicted octanol–water partition coefficient (Wildman–Crippen LogP) is 2.62. The molecule has 2 N–H and O–H groups in total. The van der Waals surface area contributed by atoms with E-state index >= 15 is 0 Å². The van der Waals surface area contributed by atoms with E-state index in [1.807, 2.05) is 37.3 Å². The Kier molecular flexibility index (Phi) is 3.32. The smallest absolute Gasteiger partial charge is 0.0409 e. The van der Waals surface area contributed by atoms with Gasteiger partial charge in [-0.3, -0.25) is 0 Å². The largest absolute Gasteiger partial charge is 0.327 e. The first kappa shape index (κ1) is 9.30. The third-order valence-corrected chi connectivity index (χ3v) is 1.90. The third-order valence-electron chi connectivity index (χ3n) is 1.67. The Morgan fingerprint density at radius 3 is 2.83 bits per heavy atom. The average Bonchev–Trinajstić information content (AvgIpc) is 2.03. The molecule has 0 atom stereocenters. The quantitative estimate of drug-likeness (QED) is 0.746. The van der Waals surface area contributed by atoms with Crippen molar-refractivity contribution >= 4 is 17.7 Å². The zero-order chi connectivity index (χ0) is 8.97. The van der Waals surface area contributed by atoms with Crippen LogP contribution < -0.4 is 5.73 Å². The van der Waals surface area contributed by atoms with E-state index in [4.69, 9.17) is 17.3 Å². The molecule has 0 saturated carbocycles. The van der Waals surface area contributed by atoms with Crippen LogP contribution in [-0.2, 0) is 0 Å². The van der Waals surface area contributed by atoms with Crippen molar-refractivity contribution < 1.29 is 0 Å². The molecule has 0 unspecified atom stereocenters. The lowest BCUT2D eigenvalue weighted by atomic mass is 10.1. The van der Waals surface area contributed by atoms with Crippen LogP contribution in [0.5, 0.6) is 0 Å². The third kappa shape index (κ3) is 2.36. The fourth-order valence-electron chi connectivity index (χ4n) is 1.02. The van der Waals surface area contributed by atoms with Gasteiger partial charge in [0.2, 0.25) is 0 Å². The van der Waals surface area contributed by atoms with Crippen molar-refractivity contribution in [1.82, 2.24) is 0 Å². The molecule has 64 valence electrons. The highest BCUT2D eigenvalue weighted by Crippen LogP contribution is 2.15. The minimum absolute atomic E-state index is 0.571. The van der Waals surface area contributed by atoms with Gasteiger partial charge in [0.05, 0.1) is 0 Å². The lowest BCUT2D eigenvalue weighted by molar-refractivity contribution is 1.26. The topological polar surface area (TPSA) is 26.0 Å². The summed E-state index contributed by atoms with van der Waals surface area (Å²) in [6, 6.07) is 5.81. The van der Waals surface area contributed by atoms with Gasteiger partial charge in [-0.25, -0.2) is 0 Å². The average molecular weight is 182 g/mol. The molecule has 1 aromatic carbocycles. The summed E-state index contributed by atoms with van der Waals surface area (Å²) < 4.78 is 0. The van der Waals surface area contributed by atoms with Gasteiger partial charge in [-0.2, -0.15) is 0 Å². The Morgan fingerprint density at radius 2 is 2.25 bits per heavy atom. The van der Waals surface area contributed by atoms with Crippen LogP contribution in [0.1, 0.15) is 11.1 Å². The standard InChI is InChI=1S/C10H12ClN/c1-8-7-10(11)5-4-9(8)3-2-6-12/h2-5,7H,6,12H2,1H3/b3-2+. The molecule has 0 bridgehead atoms. The molecular weight excluding hydrogens is 170 g/mol. The predicted molar refractivity (Wildman–Crippen MR) is 54.3 cm³/mol. The molecule has 0 saturated heterocycles. The summed E-state index contributed by atoms with van der Waals surface area (Å²) in [6.07, 6.45) is 3.93. The fraction of sp³-hybridized carbons (Fsp3) is 0.200. The molecule has 12 heavy (non-hydrogen) atoms. The van der Waals surface area contributed by atoms with Crippen molar-refractivity contribution in [3.05, 3.63) is 40.4 Å². The van der Waals surface area contributed by atoms with Crippen molar-refractivity contribution in [2.75, 3.05) is 6.54 Å². The van der Waals surface area contributed by atoms with Crippen molar-refractivity contribution in [2.45, 2.75) is 6.92 Å². The minimum atomic E-state index is 0.571. The summed E-state index contributed by atoms with van der Waals surface area (Å²) in [5, 5.41) is 0.775. The molecule has 0 spiro atoms. The normalized spacial score (nSPS) is 10.9. The summed E-state index contributed by atoms with van der Waals surface area (Å²) in [6.45, 7) is 2.60. The highest BCUT2D eigenvalue weighted by molar-refractivity contribution is 6.30. The SMILES string of the molecule is Cc1cc(Cl)ccc1/C=C/CN. The summed E-state index contributed by atoms with van der Waals surface area (Å²) in [4.78, 5) is 0. The molecule has 1 aromatic rings. The van der Waals surface area contributed by atoms with Crippen molar-refractivity contribution in [3.63, 3.8) is 0 Å². The number of rotatable bonds is 2. The fourth-order valence-corrected chi connectivity index (χ4v) is 1.25. The van der Waals surface area contributed by atoms with Crippen molar-refractivity contribution in [3.8, 4) is 0 Å². The molecule has 1 rings (SSSR count). The van der Waals surface area contributed by atoms with E-state index in [1.165, 1.54) is 11.1 Å². The first-order chi connectivity index (χ1) is 5.74. The van der Waals surface area contributed by atoms with Crippen LogP contribution >= 0.6 is 11.6 Å². The molecule has 0 amide bonds. The zero-order valence-electron chi connectivity index (χ0n) is 7.05. The number of hydrogen-bond donors (Lipinski definition) is 1. The van der Waals surface area contributed by atoms with Crippen LogP contribution in [-0.4, -0.2) is 6.54 Å². The highest BCUT2D eigenvalue weighted by atomic mass is 35.5. The number of nitrogens with two attached hydrogens (primary N) is 1. The Labute approximate surface area is 77.8 Å². The Hall–Kier alpha value is -0.790. The van der Waals surface area contributed by atoms with Crippen LogP contribution in [0.25, 0.3) is 6.08 Å². The first-order valence-electron chi connectivity index (χ1n) is 3.87. The van der Waals surface area contributed by atoms with E-state index in [1.54, 1.807) is 0 Å². The van der Waals surface area contributed by atoms with Gasteiger partial charge in [-0.15, -0.1) is 0 Å². The molecule has 0 fully saturated rings. The summed E-state index contributed by atoms with van der Waals surface area (Å²) in [5.41, 5.74) is 7.69. The van der Waals surface area contributed by atoms with Gasteiger partial charge in [-0.05, 0) is 30.2 Å². The molecule has 0 aliphatic rings. The second-order valence-corrected chi connectivity index (χ2v) is 3.08. The Balaban J connectivity index is 2.94. The number of aryl methyl sites for hydroxylation is 1. The van der Waals surface area contributed by atoms with Crippen LogP contribution in [0.4, 0.5) is 0 Å². The maximum atomic E-state index is 5.80. The lowest BCUT2D eigenvalue weighted by Crippen LogP contribution is -1.92. The summed E-state index contributed by atoms with van der Waals surface area (Å²) >= 11 is 5.80. The van der Waals surface area contributed by atoms with E-state index in [9.17, 15) is 0 Å². The summed E-state index contributed by atoms with van der Waals surface area (Å²) in [5.74, 6) is 0. The molecule has 2 heteroatoms. The monoisotopic (exact) mass is 181 g/mol. The molecule has 1 nitrogen and oxygen atoms in total. The van der Waals surface area contributed by atoms with E-state index in [0.717, 1.165) is 5.02 Å². The highest BCUT2D eigenvalue weighted by Gasteiger charge is 1.93. The van der Waals surface area contributed by atoms with Gasteiger partial charge < -0.3 is 5.73 Å². The van der Waals surface area contributed by atoms with E-state index in [0.29, 0.717) is 6.54 Å². The first-order valence-corrected chi connectivity index (χ1v) is 4.24. The summed E-state index contributed by atoms with van der Waals surface area (Å²) in [7, 11) is 0. The van der Waals surface area contributed by atoms with Gasteiger partial charge in [0.15, 0.2) is 0 Å². The van der Waals surface area contributed by atoms with Gasteiger partial charge >= 0.3 is 0 Å². The van der Waals surface area contributed by atoms with E-state index in [2.05, 4.69) is 0 Å². The van der Waals surface area contributed by atoms with Crippen molar-refractivity contribution in [2.24, 2.45) is 5.73 Å². The van der Waals surface area contributed by atoms with E-state index < -0.39 is 0 Å². The van der Waals surface area contributed by atoms with Gasteiger partial charge in [0.25, 0.3) is 0 Å². The van der Waals surface area contributed by atoms with Crippen LogP contribution in [0.15, 0.2) is 24.3 Å². The number of benzene rings is 1. The number of halogens is 1. The van der Waals surface area contributed by atoms with Crippen LogP contribution in [0, 0.1) is 6.92 Å². The van der Waals surface area contributed by atoms with Gasteiger partial charge in [-0.1, -0.05) is 29.8 Å². The molecule has 0 radical (unpaired) electrons. The zero-order valence-corrected chi connectivity index (χ0v) is 7.81. The molecule has 0 aromatic heterocycles. The Bertz CT molecular complexity index is 292. The lowest BCUT2D eigenvalue weighted by Gasteiger charge is -1.99. The molecule has 0 heterocycles. The maximum Gasteiger partial charge on any atom is 0.0409 e. The van der Waals surface area contributed by atoms with Gasteiger partial charge in [0.1, 0.15) is 0 Å². The second kappa shape index (κ2) is 4.29. The molecule has 0 aliphatic heterocycles. The van der Waals surface area contributed by atoms with Crippen LogP contribution in [0.2, 0.25) is 5.02 Å². The Morgan fingerprint density at radius 1 is 1.50 bits per heavy atom. The minimum Gasteiger partial charge on any atom is -0.327 e.